The summed E-state index contributed by atoms with van der Waals surface area (Å²) in [4.78, 5) is 27.1. The zero-order valence-electron chi connectivity index (χ0n) is 12.2. The predicted octanol–water partition coefficient (Wildman–Crippen LogP) is 2.16. The lowest BCUT2D eigenvalue weighted by Crippen LogP contribution is -2.28. The lowest BCUT2D eigenvalue weighted by Gasteiger charge is -2.10. The smallest absolute Gasteiger partial charge is 0.337 e. The summed E-state index contributed by atoms with van der Waals surface area (Å²) >= 11 is 10.9. The molecule has 0 saturated heterocycles. The largest absolute Gasteiger partial charge is 0.465 e. The van der Waals surface area contributed by atoms with E-state index in [9.17, 15) is 9.59 Å². The predicted molar refractivity (Wildman–Crippen MR) is 90.8 cm³/mol. The fourth-order valence-electron chi connectivity index (χ4n) is 2.05. The molecule has 122 valence electrons. The Morgan fingerprint density at radius 2 is 2.12 bits per heavy atom. The molecular weight excluding hydrogens is 354 g/mol. The molecule has 1 aromatic carbocycles. The van der Waals surface area contributed by atoms with Crippen molar-refractivity contribution in [1.82, 2.24) is 19.9 Å². The molecule has 10 heteroatoms. The average Bonchev–Trinajstić information content (AvgIpc) is 2.59. The van der Waals surface area contributed by atoms with E-state index >= 15 is 0 Å². The highest BCUT2D eigenvalue weighted by atomic mass is 35.5. The molecular formula is C14H10ClN5O3S. The van der Waals surface area contributed by atoms with Gasteiger partial charge in [-0.1, -0.05) is 11.6 Å². The molecule has 2 heterocycles. The van der Waals surface area contributed by atoms with E-state index in [4.69, 9.17) is 23.8 Å². The number of hydrogen-bond donors (Lipinski definition) is 2. The van der Waals surface area contributed by atoms with E-state index in [1.165, 1.54) is 31.4 Å². The van der Waals surface area contributed by atoms with Crippen molar-refractivity contribution >= 4 is 46.5 Å². The Morgan fingerprint density at radius 1 is 1.33 bits per heavy atom. The summed E-state index contributed by atoms with van der Waals surface area (Å²) < 4.78 is 5.88. The Kier molecular flexibility index (Phi) is 4.28. The number of benzene rings is 1. The quantitative estimate of drug-likeness (QED) is 0.543. The number of aromatic amines is 1. The molecule has 2 aromatic heterocycles. The van der Waals surface area contributed by atoms with Crippen LogP contribution in [0.2, 0.25) is 5.15 Å². The maximum Gasteiger partial charge on any atom is 0.337 e. The van der Waals surface area contributed by atoms with E-state index in [0.29, 0.717) is 22.3 Å². The van der Waals surface area contributed by atoms with Gasteiger partial charge in [-0.25, -0.2) is 4.79 Å². The molecule has 0 spiro atoms. The van der Waals surface area contributed by atoms with Gasteiger partial charge in [-0.05, 0) is 42.5 Å². The van der Waals surface area contributed by atoms with Crippen molar-refractivity contribution in [3.05, 3.63) is 56.2 Å². The highest BCUT2D eigenvalue weighted by molar-refractivity contribution is 7.71. The van der Waals surface area contributed by atoms with Gasteiger partial charge in [-0.2, -0.15) is 4.68 Å². The summed E-state index contributed by atoms with van der Waals surface area (Å²) in [6.45, 7) is 0. The molecule has 0 aliphatic rings. The lowest BCUT2D eigenvalue weighted by atomic mass is 10.1. The number of carbonyl (C=O) groups excluding carboxylic acids is 1. The number of nitrogens with one attached hydrogen (secondary N) is 2. The molecule has 0 aliphatic heterocycles. The minimum absolute atomic E-state index is 0.103. The van der Waals surface area contributed by atoms with Crippen LogP contribution in [0, 0.1) is 4.77 Å². The molecule has 0 atom stereocenters. The molecule has 3 rings (SSSR count). The van der Waals surface area contributed by atoms with Crippen LogP contribution in [0.4, 0.5) is 5.82 Å². The highest BCUT2D eigenvalue weighted by Gasteiger charge is 2.11. The molecule has 3 aromatic rings. The summed E-state index contributed by atoms with van der Waals surface area (Å²) in [7, 11) is 1.28. The number of ether oxygens (including phenoxy) is 1. The van der Waals surface area contributed by atoms with Crippen molar-refractivity contribution < 1.29 is 9.53 Å². The molecule has 0 bridgehead atoms. The summed E-state index contributed by atoms with van der Waals surface area (Å²) in [6, 6.07) is 7.60. The minimum Gasteiger partial charge on any atom is -0.465 e. The number of carbonyl (C=O) groups is 1. The van der Waals surface area contributed by atoms with E-state index in [-0.39, 0.29) is 9.92 Å². The Bertz CT molecular complexity index is 1040. The fourth-order valence-corrected chi connectivity index (χ4v) is 2.39. The van der Waals surface area contributed by atoms with E-state index in [1.807, 2.05) is 0 Å². The van der Waals surface area contributed by atoms with Gasteiger partial charge in [0.1, 0.15) is 0 Å². The first-order chi connectivity index (χ1) is 11.5. The second kappa shape index (κ2) is 6.38. The molecule has 0 unspecified atom stereocenters. The SMILES string of the molecule is COC(=O)c1ccc2c(=O)n(Nc3ccc(Cl)nn3)c(=S)[nH]c2c1. The van der Waals surface area contributed by atoms with Crippen LogP contribution in [0.3, 0.4) is 0 Å². The zero-order valence-corrected chi connectivity index (χ0v) is 13.8. The minimum atomic E-state index is -0.505. The summed E-state index contributed by atoms with van der Waals surface area (Å²) in [6.07, 6.45) is 0. The highest BCUT2D eigenvalue weighted by Crippen LogP contribution is 2.12. The molecule has 2 N–H and O–H groups in total. The Balaban J connectivity index is 2.10. The third-order valence-electron chi connectivity index (χ3n) is 3.18. The Hall–Kier alpha value is -2.78. The molecule has 0 aliphatic carbocycles. The van der Waals surface area contributed by atoms with Crippen LogP contribution in [0.5, 0.6) is 0 Å². The van der Waals surface area contributed by atoms with E-state index in [1.54, 1.807) is 6.07 Å². The third kappa shape index (κ3) is 2.99. The fraction of sp³-hybridized carbons (Fsp3) is 0.0714. The van der Waals surface area contributed by atoms with Crippen molar-refractivity contribution in [2.45, 2.75) is 0 Å². The second-order valence-electron chi connectivity index (χ2n) is 4.68. The molecule has 0 fully saturated rings. The number of halogens is 1. The Morgan fingerprint density at radius 3 is 2.79 bits per heavy atom. The van der Waals surface area contributed by atoms with Gasteiger partial charge in [0.15, 0.2) is 15.7 Å². The maximum absolute atomic E-state index is 12.6. The number of fused-ring (bicyclic) bond motifs is 1. The standard InChI is InChI=1S/C14H10ClN5O3S/c1-23-13(22)7-2-3-8-9(6-7)16-14(24)20(12(8)21)19-11-5-4-10(15)17-18-11/h2-6H,1H3,(H,16,24)(H,18,19). The van der Waals surface area contributed by atoms with Crippen molar-refractivity contribution in [2.24, 2.45) is 0 Å². The monoisotopic (exact) mass is 363 g/mol. The number of nitrogens with zero attached hydrogens (tertiary/aromatic N) is 3. The van der Waals surface area contributed by atoms with Crippen LogP contribution < -0.4 is 11.0 Å². The first kappa shape index (κ1) is 16.1. The van der Waals surface area contributed by atoms with Crippen molar-refractivity contribution in [1.29, 1.82) is 0 Å². The number of H-pyrrole nitrogens is 1. The number of hydrogen-bond acceptors (Lipinski definition) is 7. The van der Waals surface area contributed by atoms with Gasteiger partial charge in [-0.15, -0.1) is 10.2 Å². The van der Waals surface area contributed by atoms with Crippen LogP contribution in [0.25, 0.3) is 10.9 Å². The zero-order chi connectivity index (χ0) is 17.3. The maximum atomic E-state index is 12.6. The summed E-state index contributed by atoms with van der Waals surface area (Å²) in [5.41, 5.74) is 3.09. The molecule has 0 saturated carbocycles. The molecule has 0 radical (unpaired) electrons. The van der Waals surface area contributed by atoms with Crippen molar-refractivity contribution in [3.8, 4) is 0 Å². The molecule has 24 heavy (non-hydrogen) atoms. The van der Waals surface area contributed by atoms with E-state index < -0.39 is 11.5 Å². The average molecular weight is 364 g/mol. The van der Waals surface area contributed by atoms with Gasteiger partial charge >= 0.3 is 5.97 Å². The van der Waals surface area contributed by atoms with Crippen LogP contribution in [-0.2, 0) is 4.74 Å². The van der Waals surface area contributed by atoms with Crippen LogP contribution in [-0.4, -0.2) is 32.9 Å². The van der Waals surface area contributed by atoms with Crippen molar-refractivity contribution in [3.63, 3.8) is 0 Å². The number of esters is 1. The van der Waals surface area contributed by atoms with Gasteiger partial charge in [0, 0.05) is 0 Å². The van der Waals surface area contributed by atoms with Gasteiger partial charge in [0.05, 0.1) is 23.6 Å². The molecule has 0 amide bonds. The van der Waals surface area contributed by atoms with Gasteiger partial charge in [0.2, 0.25) is 0 Å². The first-order valence-corrected chi connectivity index (χ1v) is 7.42. The number of methoxy groups -OCH3 is 1. The number of anilines is 1. The number of rotatable bonds is 3. The van der Waals surface area contributed by atoms with Gasteiger partial charge in [0.25, 0.3) is 5.56 Å². The van der Waals surface area contributed by atoms with Crippen LogP contribution >= 0.6 is 23.8 Å². The van der Waals surface area contributed by atoms with Gasteiger partial charge < -0.3 is 9.72 Å². The normalized spacial score (nSPS) is 10.6. The second-order valence-corrected chi connectivity index (χ2v) is 5.45. The number of aromatic nitrogens is 4. The summed E-state index contributed by atoms with van der Waals surface area (Å²) in [5.74, 6) is -0.207. The van der Waals surface area contributed by atoms with E-state index in [2.05, 4.69) is 25.3 Å². The van der Waals surface area contributed by atoms with E-state index in [0.717, 1.165) is 4.68 Å². The summed E-state index contributed by atoms with van der Waals surface area (Å²) in [5, 5.41) is 8.06. The van der Waals surface area contributed by atoms with Crippen LogP contribution in [0.15, 0.2) is 35.1 Å². The topological polar surface area (TPSA) is 102 Å². The lowest BCUT2D eigenvalue weighted by molar-refractivity contribution is 0.0601. The molecule has 8 nitrogen and oxygen atoms in total. The Labute approximate surface area is 145 Å². The third-order valence-corrected chi connectivity index (χ3v) is 3.66. The first-order valence-electron chi connectivity index (χ1n) is 6.63. The van der Waals surface area contributed by atoms with Gasteiger partial charge in [-0.3, -0.25) is 10.2 Å². The van der Waals surface area contributed by atoms with Crippen LogP contribution in [0.1, 0.15) is 10.4 Å². The van der Waals surface area contributed by atoms with Crippen molar-refractivity contribution in [2.75, 3.05) is 12.5 Å².